The number of nitrogens with one attached hydrogen (secondary N) is 1. The van der Waals surface area contributed by atoms with Crippen molar-refractivity contribution in [2.75, 3.05) is 13.7 Å². The van der Waals surface area contributed by atoms with Crippen LogP contribution < -0.4 is 11.1 Å². The average Bonchev–Trinajstić information content (AvgIpc) is 2.44. The van der Waals surface area contributed by atoms with Crippen molar-refractivity contribution in [1.82, 2.24) is 5.32 Å². The second-order valence-electron chi connectivity index (χ2n) is 5.05. The van der Waals surface area contributed by atoms with Crippen molar-refractivity contribution < 1.29 is 9.53 Å². The molecule has 1 unspecified atom stereocenters. The third kappa shape index (κ3) is 4.33. The van der Waals surface area contributed by atoms with Crippen molar-refractivity contribution in [3.63, 3.8) is 0 Å². The zero-order valence-electron chi connectivity index (χ0n) is 12.0. The Morgan fingerprint density at radius 2 is 2.11 bits per heavy atom. The first kappa shape index (κ1) is 15.7. The van der Waals surface area contributed by atoms with Gasteiger partial charge in [-0.1, -0.05) is 31.2 Å². The molecule has 106 valence electrons. The van der Waals surface area contributed by atoms with Gasteiger partial charge in [-0.05, 0) is 24.5 Å². The summed E-state index contributed by atoms with van der Waals surface area (Å²) in [6.07, 6.45) is 0.735. The molecule has 4 nitrogen and oxygen atoms in total. The molecular weight excluding hydrogens is 240 g/mol. The molecule has 0 aliphatic carbocycles. The second kappa shape index (κ2) is 7.26. The number of benzene rings is 1. The van der Waals surface area contributed by atoms with Crippen molar-refractivity contribution >= 4 is 5.91 Å². The van der Waals surface area contributed by atoms with Gasteiger partial charge in [-0.2, -0.15) is 0 Å². The first-order chi connectivity index (χ1) is 9.05. The Morgan fingerprint density at radius 1 is 1.42 bits per heavy atom. The number of hydrogen-bond acceptors (Lipinski definition) is 3. The molecule has 1 atom stereocenters. The van der Waals surface area contributed by atoms with Gasteiger partial charge in [0.2, 0.25) is 5.91 Å². The lowest BCUT2D eigenvalue weighted by atomic mass is 9.86. The lowest BCUT2D eigenvalue weighted by Gasteiger charge is -2.25. The Kier molecular flexibility index (Phi) is 5.99. The van der Waals surface area contributed by atoms with E-state index in [0.717, 1.165) is 17.5 Å². The second-order valence-corrected chi connectivity index (χ2v) is 5.05. The Morgan fingerprint density at radius 3 is 2.68 bits per heavy atom. The average molecular weight is 264 g/mol. The zero-order valence-corrected chi connectivity index (χ0v) is 12.0. The van der Waals surface area contributed by atoms with E-state index in [1.807, 2.05) is 38.1 Å². The van der Waals surface area contributed by atoms with Gasteiger partial charge in [0.1, 0.15) is 0 Å². The van der Waals surface area contributed by atoms with Crippen molar-refractivity contribution in [2.24, 2.45) is 11.1 Å². The van der Waals surface area contributed by atoms with Crippen LogP contribution in [0.1, 0.15) is 31.4 Å². The molecule has 0 saturated heterocycles. The monoisotopic (exact) mass is 264 g/mol. The summed E-state index contributed by atoms with van der Waals surface area (Å²) in [5.74, 6) is 0.00893. The number of carbonyl (C=O) groups excluding carboxylic acids is 1. The number of hydrogen-bond donors (Lipinski definition) is 2. The molecule has 0 saturated carbocycles. The van der Waals surface area contributed by atoms with E-state index in [2.05, 4.69) is 5.32 Å². The SMILES string of the molecule is CCC(C)(CN)C(=O)NCc1cccc(COC)c1. The van der Waals surface area contributed by atoms with E-state index in [-0.39, 0.29) is 5.91 Å². The lowest BCUT2D eigenvalue weighted by molar-refractivity contribution is -0.130. The highest BCUT2D eigenvalue weighted by Crippen LogP contribution is 2.19. The topological polar surface area (TPSA) is 64.4 Å². The van der Waals surface area contributed by atoms with Crippen LogP contribution in [0.4, 0.5) is 0 Å². The van der Waals surface area contributed by atoms with Crippen molar-refractivity contribution in [3.8, 4) is 0 Å². The van der Waals surface area contributed by atoms with Gasteiger partial charge in [0.25, 0.3) is 0 Å². The van der Waals surface area contributed by atoms with Crippen LogP contribution in [0.2, 0.25) is 0 Å². The lowest BCUT2D eigenvalue weighted by Crippen LogP contribution is -2.43. The number of methoxy groups -OCH3 is 1. The first-order valence-electron chi connectivity index (χ1n) is 6.61. The summed E-state index contributed by atoms with van der Waals surface area (Å²) in [7, 11) is 1.67. The predicted molar refractivity (Wildman–Crippen MR) is 76.5 cm³/mol. The summed E-state index contributed by atoms with van der Waals surface area (Å²) in [5, 5.41) is 2.95. The fraction of sp³-hybridized carbons (Fsp3) is 0.533. The highest BCUT2D eigenvalue weighted by Gasteiger charge is 2.29. The van der Waals surface area contributed by atoms with Gasteiger partial charge in [0, 0.05) is 20.2 Å². The van der Waals surface area contributed by atoms with E-state index in [0.29, 0.717) is 19.7 Å². The Labute approximate surface area is 115 Å². The Bertz CT molecular complexity index is 414. The Hall–Kier alpha value is -1.39. The molecule has 0 aliphatic rings. The van der Waals surface area contributed by atoms with Crippen molar-refractivity contribution in [1.29, 1.82) is 0 Å². The molecule has 0 bridgehead atoms. The van der Waals surface area contributed by atoms with Crippen LogP contribution in [0, 0.1) is 5.41 Å². The van der Waals surface area contributed by atoms with Gasteiger partial charge in [-0.15, -0.1) is 0 Å². The largest absolute Gasteiger partial charge is 0.380 e. The predicted octanol–water partition coefficient (Wildman–Crippen LogP) is 1.82. The quantitative estimate of drug-likeness (QED) is 0.789. The van der Waals surface area contributed by atoms with Crippen LogP contribution >= 0.6 is 0 Å². The molecule has 0 heterocycles. The summed E-state index contributed by atoms with van der Waals surface area (Å²) in [5.41, 5.74) is 7.36. The van der Waals surface area contributed by atoms with E-state index in [4.69, 9.17) is 10.5 Å². The fourth-order valence-corrected chi connectivity index (χ4v) is 1.79. The van der Waals surface area contributed by atoms with Gasteiger partial charge in [0.05, 0.1) is 12.0 Å². The van der Waals surface area contributed by atoms with Crippen LogP contribution in [0.15, 0.2) is 24.3 Å². The molecule has 1 aromatic carbocycles. The van der Waals surface area contributed by atoms with Gasteiger partial charge >= 0.3 is 0 Å². The molecule has 0 aromatic heterocycles. The van der Waals surface area contributed by atoms with E-state index in [9.17, 15) is 4.79 Å². The highest BCUT2D eigenvalue weighted by molar-refractivity contribution is 5.82. The maximum atomic E-state index is 12.1. The van der Waals surface area contributed by atoms with Gasteiger partial charge in [-0.25, -0.2) is 0 Å². The first-order valence-corrected chi connectivity index (χ1v) is 6.61. The molecule has 1 rings (SSSR count). The summed E-state index contributed by atoms with van der Waals surface area (Å²) in [4.78, 5) is 12.1. The van der Waals surface area contributed by atoms with Crippen LogP contribution in [0.5, 0.6) is 0 Å². The number of nitrogens with two attached hydrogens (primary N) is 1. The normalized spacial score (nSPS) is 13.9. The highest BCUT2D eigenvalue weighted by atomic mass is 16.5. The maximum absolute atomic E-state index is 12.1. The van der Waals surface area contributed by atoms with E-state index in [1.54, 1.807) is 7.11 Å². The smallest absolute Gasteiger partial charge is 0.227 e. The van der Waals surface area contributed by atoms with E-state index >= 15 is 0 Å². The molecular formula is C15H24N2O2. The van der Waals surface area contributed by atoms with E-state index < -0.39 is 5.41 Å². The van der Waals surface area contributed by atoms with Crippen LogP contribution in [-0.2, 0) is 22.7 Å². The number of rotatable bonds is 7. The van der Waals surface area contributed by atoms with Crippen LogP contribution in [-0.4, -0.2) is 19.6 Å². The maximum Gasteiger partial charge on any atom is 0.227 e. The minimum atomic E-state index is -0.482. The van der Waals surface area contributed by atoms with Crippen LogP contribution in [0.25, 0.3) is 0 Å². The molecule has 4 heteroatoms. The fourth-order valence-electron chi connectivity index (χ4n) is 1.79. The summed E-state index contributed by atoms with van der Waals surface area (Å²) >= 11 is 0. The van der Waals surface area contributed by atoms with E-state index in [1.165, 1.54) is 0 Å². The number of amides is 1. The minimum absolute atomic E-state index is 0.00893. The minimum Gasteiger partial charge on any atom is -0.380 e. The van der Waals surface area contributed by atoms with Crippen molar-refractivity contribution in [3.05, 3.63) is 35.4 Å². The van der Waals surface area contributed by atoms with Gasteiger partial charge in [-0.3, -0.25) is 4.79 Å². The third-order valence-electron chi connectivity index (χ3n) is 3.53. The molecule has 1 aromatic rings. The number of ether oxygens (including phenoxy) is 1. The summed E-state index contributed by atoms with van der Waals surface area (Å²) < 4.78 is 5.09. The standard InChI is InChI=1S/C15H24N2O2/c1-4-15(2,11-16)14(18)17-9-12-6-5-7-13(8-12)10-19-3/h5-8H,4,9-11,16H2,1-3H3,(H,17,18). The summed E-state index contributed by atoms with van der Waals surface area (Å²) in [6, 6.07) is 8.00. The molecule has 1 amide bonds. The zero-order chi connectivity index (χ0) is 14.3. The Balaban J connectivity index is 2.61. The van der Waals surface area contributed by atoms with Gasteiger partial charge in [0.15, 0.2) is 0 Å². The summed E-state index contributed by atoms with van der Waals surface area (Å²) in [6.45, 7) is 5.33. The number of carbonyl (C=O) groups is 1. The molecule has 3 N–H and O–H groups in total. The van der Waals surface area contributed by atoms with Crippen molar-refractivity contribution in [2.45, 2.75) is 33.4 Å². The molecule has 0 radical (unpaired) electrons. The molecule has 0 aliphatic heterocycles. The molecule has 0 fully saturated rings. The molecule has 0 spiro atoms. The third-order valence-corrected chi connectivity index (χ3v) is 3.53. The van der Waals surface area contributed by atoms with Crippen LogP contribution in [0.3, 0.4) is 0 Å². The molecule has 19 heavy (non-hydrogen) atoms. The van der Waals surface area contributed by atoms with Gasteiger partial charge < -0.3 is 15.8 Å².